The summed E-state index contributed by atoms with van der Waals surface area (Å²) in [4.78, 5) is 13.7. The average molecular weight is 226 g/mol. The van der Waals surface area contributed by atoms with Crippen LogP contribution in [0.3, 0.4) is 0 Å². The van der Waals surface area contributed by atoms with Gasteiger partial charge in [0, 0.05) is 19.1 Å². The fourth-order valence-electron chi connectivity index (χ4n) is 2.44. The summed E-state index contributed by atoms with van der Waals surface area (Å²) >= 11 is 0. The lowest BCUT2D eigenvalue weighted by atomic mass is 9.91. The van der Waals surface area contributed by atoms with E-state index in [-0.39, 0.29) is 18.2 Å². The van der Waals surface area contributed by atoms with Gasteiger partial charge in [-0.1, -0.05) is 0 Å². The molecule has 0 aromatic carbocycles. The Labute approximate surface area is 97.0 Å². The van der Waals surface area contributed by atoms with Crippen molar-refractivity contribution >= 4 is 6.03 Å². The molecule has 2 amide bonds. The highest BCUT2D eigenvalue weighted by Gasteiger charge is 2.27. The molecular formula is C12H22N2O2. The van der Waals surface area contributed by atoms with E-state index in [0.29, 0.717) is 6.04 Å². The summed E-state index contributed by atoms with van der Waals surface area (Å²) in [6.07, 6.45) is 6.84. The van der Waals surface area contributed by atoms with Crippen LogP contribution in [0.25, 0.3) is 0 Å². The molecule has 0 heterocycles. The summed E-state index contributed by atoms with van der Waals surface area (Å²) < 4.78 is 0. The molecule has 92 valence electrons. The Morgan fingerprint density at radius 2 is 1.81 bits per heavy atom. The second-order valence-corrected chi connectivity index (χ2v) is 5.15. The molecule has 0 aromatic rings. The van der Waals surface area contributed by atoms with Crippen LogP contribution in [-0.4, -0.2) is 41.3 Å². The molecule has 2 aliphatic carbocycles. The molecular weight excluding hydrogens is 204 g/mol. The first-order valence-electron chi connectivity index (χ1n) is 6.38. The lowest BCUT2D eigenvalue weighted by Crippen LogP contribution is -2.50. The molecule has 2 rings (SSSR count). The first-order valence-corrected chi connectivity index (χ1v) is 6.38. The number of aliphatic hydroxyl groups is 1. The molecule has 0 aliphatic heterocycles. The van der Waals surface area contributed by atoms with Crippen molar-refractivity contribution in [3.8, 4) is 0 Å². The molecule has 4 nitrogen and oxygen atoms in total. The molecule has 2 fully saturated rings. The highest BCUT2D eigenvalue weighted by molar-refractivity contribution is 5.74. The predicted molar refractivity (Wildman–Crippen MR) is 62.2 cm³/mol. The molecule has 0 aromatic heterocycles. The number of hydrogen-bond donors (Lipinski definition) is 2. The smallest absolute Gasteiger partial charge is 0.317 e. The normalized spacial score (nSPS) is 30.6. The molecule has 0 radical (unpaired) electrons. The van der Waals surface area contributed by atoms with Crippen LogP contribution in [0.15, 0.2) is 0 Å². The number of amides is 2. The van der Waals surface area contributed by atoms with E-state index in [0.717, 1.165) is 38.5 Å². The van der Waals surface area contributed by atoms with E-state index in [2.05, 4.69) is 5.32 Å². The van der Waals surface area contributed by atoms with Crippen molar-refractivity contribution in [3.63, 3.8) is 0 Å². The van der Waals surface area contributed by atoms with Gasteiger partial charge in [-0.25, -0.2) is 4.79 Å². The van der Waals surface area contributed by atoms with Gasteiger partial charge >= 0.3 is 6.03 Å². The van der Waals surface area contributed by atoms with E-state index in [1.165, 1.54) is 6.42 Å². The SMILES string of the molecule is CN(C(=O)NC1CCC(O)CC1)C1CCC1. The van der Waals surface area contributed by atoms with Crippen molar-refractivity contribution in [1.29, 1.82) is 0 Å². The summed E-state index contributed by atoms with van der Waals surface area (Å²) in [6, 6.07) is 0.777. The fourth-order valence-corrected chi connectivity index (χ4v) is 2.44. The predicted octanol–water partition coefficient (Wildman–Crippen LogP) is 1.48. The first kappa shape index (κ1) is 11.7. The molecule has 16 heavy (non-hydrogen) atoms. The van der Waals surface area contributed by atoms with Gasteiger partial charge in [-0.15, -0.1) is 0 Å². The number of rotatable bonds is 2. The molecule has 2 saturated carbocycles. The minimum atomic E-state index is -0.155. The number of urea groups is 1. The quantitative estimate of drug-likeness (QED) is 0.749. The number of carbonyl (C=O) groups excluding carboxylic acids is 1. The Bertz CT molecular complexity index is 245. The van der Waals surface area contributed by atoms with Crippen LogP contribution in [0, 0.1) is 0 Å². The standard InChI is InChI=1S/C12H22N2O2/c1-14(10-3-2-4-10)12(16)13-9-5-7-11(15)8-6-9/h9-11,15H,2-8H2,1H3,(H,13,16). The van der Waals surface area contributed by atoms with Crippen LogP contribution in [-0.2, 0) is 0 Å². The lowest BCUT2D eigenvalue weighted by Gasteiger charge is -2.36. The molecule has 0 bridgehead atoms. The zero-order valence-electron chi connectivity index (χ0n) is 9.98. The number of carbonyl (C=O) groups is 1. The minimum absolute atomic E-state index is 0.0612. The van der Waals surface area contributed by atoms with Gasteiger partial charge < -0.3 is 15.3 Å². The largest absolute Gasteiger partial charge is 0.393 e. The lowest BCUT2D eigenvalue weighted by molar-refractivity contribution is 0.111. The van der Waals surface area contributed by atoms with Gasteiger partial charge in [0.25, 0.3) is 0 Å². The van der Waals surface area contributed by atoms with Crippen molar-refractivity contribution in [3.05, 3.63) is 0 Å². The average Bonchev–Trinajstić information content (AvgIpc) is 2.19. The second kappa shape index (κ2) is 5.04. The van der Waals surface area contributed by atoms with Gasteiger partial charge in [-0.2, -0.15) is 0 Å². The maximum Gasteiger partial charge on any atom is 0.317 e. The van der Waals surface area contributed by atoms with Gasteiger partial charge in [0.2, 0.25) is 0 Å². The number of nitrogens with one attached hydrogen (secondary N) is 1. The van der Waals surface area contributed by atoms with Crippen LogP contribution in [0.2, 0.25) is 0 Å². The molecule has 0 atom stereocenters. The first-order chi connectivity index (χ1) is 7.66. The molecule has 2 aliphatic rings. The van der Waals surface area contributed by atoms with Crippen LogP contribution >= 0.6 is 0 Å². The molecule has 0 saturated heterocycles. The summed E-state index contributed by atoms with van der Waals surface area (Å²) in [6.45, 7) is 0. The van der Waals surface area contributed by atoms with E-state index in [1.807, 2.05) is 11.9 Å². The summed E-state index contributed by atoms with van der Waals surface area (Å²) in [5.74, 6) is 0. The molecule has 2 N–H and O–H groups in total. The van der Waals surface area contributed by atoms with Crippen molar-refractivity contribution in [2.45, 2.75) is 63.1 Å². The number of aliphatic hydroxyl groups excluding tert-OH is 1. The fraction of sp³-hybridized carbons (Fsp3) is 0.917. The zero-order chi connectivity index (χ0) is 11.5. The van der Waals surface area contributed by atoms with Crippen LogP contribution in [0.1, 0.15) is 44.9 Å². The highest BCUT2D eigenvalue weighted by atomic mass is 16.3. The Morgan fingerprint density at radius 1 is 1.19 bits per heavy atom. The topological polar surface area (TPSA) is 52.6 Å². The van der Waals surface area contributed by atoms with E-state index in [4.69, 9.17) is 0 Å². The van der Waals surface area contributed by atoms with Gasteiger partial charge in [0.15, 0.2) is 0 Å². The van der Waals surface area contributed by atoms with Gasteiger partial charge in [0.05, 0.1) is 6.10 Å². The van der Waals surface area contributed by atoms with Crippen molar-refractivity contribution < 1.29 is 9.90 Å². The van der Waals surface area contributed by atoms with Crippen LogP contribution in [0.5, 0.6) is 0 Å². The van der Waals surface area contributed by atoms with Gasteiger partial charge in [-0.05, 0) is 44.9 Å². The Kier molecular flexibility index (Phi) is 3.69. The second-order valence-electron chi connectivity index (χ2n) is 5.15. The Hall–Kier alpha value is -0.770. The van der Waals surface area contributed by atoms with Gasteiger partial charge in [-0.3, -0.25) is 0 Å². The van der Waals surface area contributed by atoms with E-state index in [1.54, 1.807) is 0 Å². The monoisotopic (exact) mass is 226 g/mol. The van der Waals surface area contributed by atoms with Crippen molar-refractivity contribution in [2.24, 2.45) is 0 Å². The third kappa shape index (κ3) is 2.67. The minimum Gasteiger partial charge on any atom is -0.393 e. The maximum atomic E-state index is 11.9. The van der Waals surface area contributed by atoms with Crippen LogP contribution in [0.4, 0.5) is 4.79 Å². The Balaban J connectivity index is 1.73. The van der Waals surface area contributed by atoms with E-state index >= 15 is 0 Å². The molecule has 0 unspecified atom stereocenters. The number of hydrogen-bond acceptors (Lipinski definition) is 2. The third-order valence-electron chi connectivity index (χ3n) is 3.97. The van der Waals surface area contributed by atoms with Crippen molar-refractivity contribution in [1.82, 2.24) is 10.2 Å². The summed E-state index contributed by atoms with van der Waals surface area (Å²) in [5.41, 5.74) is 0. The van der Waals surface area contributed by atoms with Crippen molar-refractivity contribution in [2.75, 3.05) is 7.05 Å². The molecule has 0 spiro atoms. The third-order valence-corrected chi connectivity index (χ3v) is 3.97. The number of nitrogens with zero attached hydrogens (tertiary/aromatic N) is 1. The zero-order valence-corrected chi connectivity index (χ0v) is 9.98. The highest BCUT2D eigenvalue weighted by Crippen LogP contribution is 2.24. The van der Waals surface area contributed by atoms with Gasteiger partial charge in [0.1, 0.15) is 0 Å². The summed E-state index contributed by atoms with van der Waals surface area (Å²) in [7, 11) is 1.89. The van der Waals surface area contributed by atoms with Crippen LogP contribution < -0.4 is 5.32 Å². The molecule has 4 heteroatoms. The summed E-state index contributed by atoms with van der Waals surface area (Å²) in [5, 5.41) is 12.4. The van der Waals surface area contributed by atoms with E-state index < -0.39 is 0 Å². The Morgan fingerprint density at radius 3 is 2.31 bits per heavy atom. The van der Waals surface area contributed by atoms with E-state index in [9.17, 15) is 9.90 Å². The maximum absolute atomic E-state index is 11.9.